The summed E-state index contributed by atoms with van der Waals surface area (Å²) in [4.78, 5) is 18.8. The van der Waals surface area contributed by atoms with Crippen molar-refractivity contribution in [2.75, 3.05) is 19.1 Å². The van der Waals surface area contributed by atoms with Crippen LogP contribution in [0, 0.1) is 29.4 Å². The van der Waals surface area contributed by atoms with Crippen LogP contribution >= 0.6 is 0 Å². The number of rotatable bonds is 11. The van der Waals surface area contributed by atoms with Crippen LogP contribution in [0.2, 0.25) is 0 Å². The molecule has 0 bridgehead atoms. The molecule has 1 unspecified atom stereocenters. The Bertz CT molecular complexity index is 2410. The number of sulfone groups is 1. The third kappa shape index (κ3) is 7.69. The van der Waals surface area contributed by atoms with Crippen molar-refractivity contribution in [1.29, 1.82) is 0 Å². The second kappa shape index (κ2) is 13.7. The minimum atomic E-state index is -3.48. The van der Waals surface area contributed by atoms with E-state index >= 15 is 8.78 Å². The maximum atomic E-state index is 15.4. The Kier molecular flexibility index (Phi) is 9.56. The van der Waals surface area contributed by atoms with E-state index in [1.165, 1.54) is 13.8 Å². The number of ketones is 1. The van der Waals surface area contributed by atoms with Crippen LogP contribution in [0.15, 0.2) is 64.9 Å². The Balaban J connectivity index is 1.34. The van der Waals surface area contributed by atoms with Crippen molar-refractivity contribution in [3.8, 4) is 11.8 Å². The first-order valence-electron chi connectivity index (χ1n) is 17.4. The lowest BCUT2D eigenvalue weighted by Gasteiger charge is -2.24. The van der Waals surface area contributed by atoms with Crippen molar-refractivity contribution in [3.63, 3.8) is 0 Å². The van der Waals surface area contributed by atoms with Crippen molar-refractivity contribution < 1.29 is 49.4 Å². The lowest BCUT2D eigenvalue weighted by molar-refractivity contribution is -0.570. The number of hydrogen-bond acceptors (Lipinski definition) is 7. The Morgan fingerprint density at radius 3 is 2.51 bits per heavy atom. The molecule has 1 saturated carbocycles. The number of aromatic nitrogens is 3. The highest BCUT2D eigenvalue weighted by Crippen LogP contribution is 2.68. The molecule has 9 nitrogen and oxygen atoms in total. The fourth-order valence-corrected chi connectivity index (χ4v) is 8.57. The number of carbonyl (C=O) groups excluding carboxylic acids is 1. The normalized spacial score (nSPS) is 21.4. The number of alkyl halides is 4. The van der Waals surface area contributed by atoms with Gasteiger partial charge in [0.1, 0.15) is 46.6 Å². The van der Waals surface area contributed by atoms with E-state index in [1.54, 1.807) is 42.1 Å². The van der Waals surface area contributed by atoms with E-state index in [0.29, 0.717) is 33.2 Å². The number of halogens is 6. The fourth-order valence-electron chi connectivity index (χ4n) is 7.84. The third-order valence-electron chi connectivity index (χ3n) is 10.0. The van der Waals surface area contributed by atoms with E-state index in [4.69, 9.17) is 4.98 Å². The van der Waals surface area contributed by atoms with E-state index < -0.39 is 93.4 Å². The molecular weight excluding hydrogens is 749 g/mol. The summed E-state index contributed by atoms with van der Waals surface area (Å²) in [5, 5.41) is 18.6. The summed E-state index contributed by atoms with van der Waals surface area (Å²) in [5.74, 6) is -3.64. The minimum Gasteiger partial charge on any atom is -0.378 e. The molecule has 1 aliphatic heterocycles. The summed E-state index contributed by atoms with van der Waals surface area (Å²) in [6.45, 7) is 2.16. The highest BCUT2D eigenvalue weighted by atomic mass is 32.2. The molecule has 2 aromatic heterocycles. The van der Waals surface area contributed by atoms with E-state index in [0.717, 1.165) is 18.4 Å². The fraction of sp³-hybridized carbons (Fsp3) is 0.410. The monoisotopic (exact) mass is 784 g/mol. The van der Waals surface area contributed by atoms with Gasteiger partial charge in [0.25, 0.3) is 12.3 Å². The number of carbonyl (C=O) groups is 1. The molecule has 3 heterocycles. The van der Waals surface area contributed by atoms with Gasteiger partial charge < -0.3 is 5.11 Å². The zero-order chi connectivity index (χ0) is 39.8. The van der Waals surface area contributed by atoms with Gasteiger partial charge in [-0.05, 0) is 79.5 Å². The van der Waals surface area contributed by atoms with E-state index in [2.05, 4.69) is 22.1 Å². The highest BCUT2D eigenvalue weighted by molar-refractivity contribution is 7.90. The zero-order valence-electron chi connectivity index (χ0n) is 30.1. The van der Waals surface area contributed by atoms with Gasteiger partial charge in [0, 0.05) is 47.3 Å². The van der Waals surface area contributed by atoms with Crippen LogP contribution in [0.5, 0.6) is 0 Å². The first-order chi connectivity index (χ1) is 25.7. The van der Waals surface area contributed by atoms with Crippen LogP contribution in [-0.4, -0.2) is 69.5 Å². The van der Waals surface area contributed by atoms with Gasteiger partial charge in [-0.15, -0.1) is 4.70 Å². The average Bonchev–Trinajstić information content (AvgIpc) is 3.62. The van der Waals surface area contributed by atoms with Crippen LogP contribution in [0.25, 0.3) is 5.57 Å². The molecular formula is C39H36F6N5O4S+. The molecule has 3 aliphatic carbocycles. The molecule has 4 aliphatic rings. The second-order valence-corrected chi connectivity index (χ2v) is 17.2. The van der Waals surface area contributed by atoms with E-state index in [1.807, 2.05) is 0 Å². The minimum absolute atomic E-state index is 0.0495. The summed E-state index contributed by atoms with van der Waals surface area (Å²) in [7, 11) is -1.82. The van der Waals surface area contributed by atoms with Gasteiger partial charge in [-0.2, -0.15) is 13.9 Å². The Hall–Kier alpha value is -4.88. The average molecular weight is 785 g/mol. The van der Waals surface area contributed by atoms with Gasteiger partial charge in [-0.3, -0.25) is 9.48 Å². The molecule has 0 spiro atoms. The molecule has 0 amide bonds. The molecule has 0 radical (unpaired) electrons. The number of pyridine rings is 1. The maximum absolute atomic E-state index is 15.4. The van der Waals surface area contributed by atoms with Gasteiger partial charge in [-0.25, -0.2) is 31.0 Å². The topological polar surface area (TPSA) is 118 Å². The first-order valence-corrected chi connectivity index (χ1v) is 19.5. The second-order valence-electron chi connectivity index (χ2n) is 15.1. The predicted octanol–water partition coefficient (Wildman–Crippen LogP) is 6.54. The van der Waals surface area contributed by atoms with Gasteiger partial charge in [0.05, 0.1) is 17.0 Å². The van der Waals surface area contributed by atoms with E-state index in [9.17, 15) is 35.9 Å². The summed E-state index contributed by atoms with van der Waals surface area (Å²) in [5.41, 5.74) is -0.610. The van der Waals surface area contributed by atoms with Crippen LogP contribution < -0.4 is 0 Å². The van der Waals surface area contributed by atoms with Crippen molar-refractivity contribution in [2.45, 2.75) is 75.5 Å². The molecule has 7 rings (SSSR count). The molecule has 16 heteroatoms. The summed E-state index contributed by atoms with van der Waals surface area (Å²) in [6, 6.07) is 5.51. The number of benzene rings is 1. The summed E-state index contributed by atoms with van der Waals surface area (Å²) >= 11 is 0. The molecule has 3 aromatic rings. The molecule has 1 N–H and O–H groups in total. The number of aliphatic hydroxyl groups is 1. The smallest absolute Gasteiger partial charge is 0.293 e. The maximum Gasteiger partial charge on any atom is 0.293 e. The Morgan fingerprint density at radius 2 is 1.85 bits per heavy atom. The van der Waals surface area contributed by atoms with Crippen molar-refractivity contribution in [3.05, 3.63) is 111 Å². The van der Waals surface area contributed by atoms with Gasteiger partial charge >= 0.3 is 0 Å². The molecule has 1 fully saturated rings. The molecule has 55 heavy (non-hydrogen) atoms. The summed E-state index contributed by atoms with van der Waals surface area (Å²) in [6.07, 6.45) is 2.58. The SMILES string of the molecule is C[N+]1=NC(CS(C)(=O)=O)=C2C=CC=C(c3ccc(C#CC(C)(C)O)nc3[C@@H](CC(=O)Cn3nc(C(F)F)c4c3C(F)(F)[C@@H]3C[C@H]43)Cc3cc(F)cc(F)c3)C21. The Morgan fingerprint density at radius 1 is 1.15 bits per heavy atom. The van der Waals surface area contributed by atoms with Crippen molar-refractivity contribution in [2.24, 2.45) is 11.0 Å². The molecule has 0 saturated heterocycles. The van der Waals surface area contributed by atoms with Crippen LogP contribution in [0.1, 0.15) is 84.4 Å². The Labute approximate surface area is 313 Å². The van der Waals surface area contributed by atoms with Gasteiger partial charge in [0.15, 0.2) is 22.7 Å². The number of likely N-dealkylation sites (N-methyl/N-ethyl adjacent to an activating group) is 1. The predicted molar refractivity (Wildman–Crippen MR) is 188 cm³/mol. The third-order valence-corrected chi connectivity index (χ3v) is 10.8. The molecule has 4 atom stereocenters. The highest BCUT2D eigenvalue weighted by Gasteiger charge is 2.67. The first kappa shape index (κ1) is 38.4. The number of hydrogen-bond donors (Lipinski definition) is 1. The van der Waals surface area contributed by atoms with Crippen LogP contribution in [-0.2, 0) is 33.5 Å². The van der Waals surface area contributed by atoms with Gasteiger partial charge in [0.2, 0.25) is 6.04 Å². The van der Waals surface area contributed by atoms with Gasteiger partial charge in [-0.1, -0.05) is 18.1 Å². The van der Waals surface area contributed by atoms with Crippen LogP contribution in [0.3, 0.4) is 0 Å². The largest absolute Gasteiger partial charge is 0.378 e. The van der Waals surface area contributed by atoms with E-state index in [-0.39, 0.29) is 41.1 Å². The number of nitrogens with zero attached hydrogens (tertiary/aromatic N) is 5. The van der Waals surface area contributed by atoms with Crippen molar-refractivity contribution >= 4 is 21.2 Å². The lowest BCUT2D eigenvalue weighted by atomic mass is 9.82. The number of allylic oxidation sites excluding steroid dienone is 2. The molecule has 288 valence electrons. The lowest BCUT2D eigenvalue weighted by Crippen LogP contribution is -2.26. The number of fused-ring (bicyclic) bond motifs is 4. The molecule has 1 aromatic carbocycles. The van der Waals surface area contributed by atoms with Crippen molar-refractivity contribution in [1.82, 2.24) is 14.8 Å². The zero-order valence-corrected chi connectivity index (χ0v) is 30.9. The number of azo groups is 2. The van der Waals surface area contributed by atoms with Crippen LogP contribution in [0.4, 0.5) is 26.3 Å². The standard InChI is InChI=1S/C39H36F6N5O4S/c1-38(2,52)11-10-24-8-9-26(27-6-5-7-28-31(19-55(4,53)54)47-49(3)35(27)28)33(46-24)21(12-20-13-22(40)16-23(41)14-20)15-25(51)18-50-36-32(34(48-50)37(42)43)29-17-30(29)39(36,44)45/h5-9,13-14,16,21,29-30,35,37,52H,12,15,17-19H2,1-4H3/q+1/t21-,29+,30-,35?/m1/s1. The number of Topliss-reactive ketones (excluding diaryl/α,β-unsaturated/α-hetero) is 1. The summed E-state index contributed by atoms with van der Waals surface area (Å²) < 4.78 is 115. The quantitative estimate of drug-likeness (QED) is 0.134.